The zero-order valence-corrected chi connectivity index (χ0v) is 17.4. The lowest BCUT2D eigenvalue weighted by Crippen LogP contribution is -2.42. The van der Waals surface area contributed by atoms with Crippen LogP contribution in [0, 0.1) is 0 Å². The molecule has 0 radical (unpaired) electrons. The summed E-state index contributed by atoms with van der Waals surface area (Å²) in [7, 11) is 0.240. The SMILES string of the molecule is CN1c2ccc(C(=O)NCc3ccccc3)cc2C(=O)C(Cc2ccccc2)S1=O. The average Bonchev–Trinajstić information content (AvgIpc) is 2.80. The molecule has 1 aliphatic heterocycles. The number of amides is 1. The van der Waals surface area contributed by atoms with Crippen molar-refractivity contribution in [3.8, 4) is 0 Å². The van der Waals surface area contributed by atoms with E-state index in [0.29, 0.717) is 29.8 Å². The van der Waals surface area contributed by atoms with Gasteiger partial charge >= 0.3 is 0 Å². The number of hydrogen-bond donors (Lipinski definition) is 1. The Labute approximate surface area is 178 Å². The summed E-state index contributed by atoms with van der Waals surface area (Å²) in [5.41, 5.74) is 3.39. The lowest BCUT2D eigenvalue weighted by atomic mass is 9.98. The Bertz CT molecular complexity index is 1100. The van der Waals surface area contributed by atoms with E-state index in [2.05, 4.69) is 5.32 Å². The van der Waals surface area contributed by atoms with Crippen LogP contribution < -0.4 is 9.62 Å². The van der Waals surface area contributed by atoms with Crippen LogP contribution in [0.4, 0.5) is 5.69 Å². The average molecular weight is 419 g/mol. The second kappa shape index (κ2) is 8.63. The second-order valence-electron chi connectivity index (χ2n) is 7.22. The van der Waals surface area contributed by atoms with E-state index in [0.717, 1.165) is 11.1 Å². The van der Waals surface area contributed by atoms with Crippen LogP contribution in [-0.2, 0) is 24.0 Å². The molecule has 152 valence electrons. The predicted molar refractivity (Wildman–Crippen MR) is 119 cm³/mol. The molecule has 1 aliphatic rings. The van der Waals surface area contributed by atoms with E-state index in [9.17, 15) is 13.8 Å². The third-order valence-corrected chi connectivity index (χ3v) is 6.83. The van der Waals surface area contributed by atoms with Gasteiger partial charge in [-0.3, -0.25) is 13.9 Å². The van der Waals surface area contributed by atoms with Crippen molar-refractivity contribution in [2.45, 2.75) is 18.2 Å². The zero-order valence-electron chi connectivity index (χ0n) is 16.6. The van der Waals surface area contributed by atoms with Crippen molar-refractivity contribution in [3.63, 3.8) is 0 Å². The number of nitrogens with one attached hydrogen (secondary N) is 1. The highest BCUT2D eigenvalue weighted by Gasteiger charge is 2.37. The molecule has 1 amide bonds. The van der Waals surface area contributed by atoms with Crippen LogP contribution in [0.5, 0.6) is 0 Å². The van der Waals surface area contributed by atoms with Gasteiger partial charge in [-0.1, -0.05) is 60.7 Å². The van der Waals surface area contributed by atoms with Gasteiger partial charge in [0.1, 0.15) is 16.2 Å². The first-order valence-corrected chi connectivity index (χ1v) is 10.9. The fourth-order valence-electron chi connectivity index (χ4n) is 3.57. The van der Waals surface area contributed by atoms with Crippen molar-refractivity contribution in [1.82, 2.24) is 5.32 Å². The van der Waals surface area contributed by atoms with Gasteiger partial charge in [0.25, 0.3) is 5.91 Å². The molecule has 0 aromatic heterocycles. The Morgan fingerprint density at radius 1 is 0.967 bits per heavy atom. The Morgan fingerprint density at radius 2 is 1.60 bits per heavy atom. The molecule has 0 saturated heterocycles. The lowest BCUT2D eigenvalue weighted by Gasteiger charge is -2.31. The maximum atomic E-state index is 13.2. The summed E-state index contributed by atoms with van der Waals surface area (Å²) in [6, 6.07) is 24.2. The number of anilines is 1. The van der Waals surface area contributed by atoms with E-state index < -0.39 is 16.2 Å². The van der Waals surface area contributed by atoms with Gasteiger partial charge in [0.2, 0.25) is 0 Å². The highest BCUT2D eigenvalue weighted by atomic mass is 32.2. The number of carbonyl (C=O) groups excluding carboxylic acids is 2. The van der Waals surface area contributed by atoms with Gasteiger partial charge in [-0.05, 0) is 35.7 Å². The van der Waals surface area contributed by atoms with Crippen molar-refractivity contribution in [1.29, 1.82) is 0 Å². The minimum Gasteiger partial charge on any atom is -0.348 e. The molecule has 2 unspecified atom stereocenters. The van der Waals surface area contributed by atoms with Crippen molar-refractivity contribution in [2.24, 2.45) is 0 Å². The zero-order chi connectivity index (χ0) is 21.1. The van der Waals surface area contributed by atoms with Gasteiger partial charge in [0.05, 0.1) is 5.69 Å². The van der Waals surface area contributed by atoms with Gasteiger partial charge in [-0.25, -0.2) is 4.21 Å². The van der Waals surface area contributed by atoms with Crippen LogP contribution in [0.1, 0.15) is 31.8 Å². The molecule has 3 aromatic carbocycles. The summed E-state index contributed by atoms with van der Waals surface area (Å²) >= 11 is 0. The highest BCUT2D eigenvalue weighted by molar-refractivity contribution is 7.88. The number of benzene rings is 3. The molecular formula is C24H22N2O3S. The van der Waals surface area contributed by atoms with E-state index in [1.54, 1.807) is 29.6 Å². The molecule has 0 saturated carbocycles. The van der Waals surface area contributed by atoms with E-state index in [1.807, 2.05) is 60.7 Å². The van der Waals surface area contributed by atoms with Crippen LogP contribution in [-0.4, -0.2) is 28.2 Å². The summed E-state index contributed by atoms with van der Waals surface area (Å²) in [6.45, 7) is 0.408. The molecule has 2 atom stereocenters. The standard InChI is InChI=1S/C24H22N2O3S/c1-26-21-13-12-19(24(28)25-16-18-10-6-3-7-11-18)15-20(21)23(27)22(30(26)29)14-17-8-4-2-5-9-17/h2-13,15,22H,14,16H2,1H3,(H,25,28). The maximum Gasteiger partial charge on any atom is 0.251 e. The smallest absolute Gasteiger partial charge is 0.251 e. The molecule has 3 aromatic rings. The molecule has 5 nitrogen and oxygen atoms in total. The van der Waals surface area contributed by atoms with Crippen LogP contribution >= 0.6 is 0 Å². The Kier molecular flexibility index (Phi) is 5.77. The molecule has 0 fully saturated rings. The molecule has 1 N–H and O–H groups in total. The fourth-order valence-corrected chi connectivity index (χ4v) is 4.95. The van der Waals surface area contributed by atoms with Gasteiger partial charge in [0.15, 0.2) is 5.78 Å². The van der Waals surface area contributed by atoms with Gasteiger partial charge in [-0.15, -0.1) is 0 Å². The highest BCUT2D eigenvalue weighted by Crippen LogP contribution is 2.32. The van der Waals surface area contributed by atoms with E-state index in [1.165, 1.54) is 0 Å². The second-order valence-corrected chi connectivity index (χ2v) is 8.89. The third-order valence-electron chi connectivity index (χ3n) is 5.23. The van der Waals surface area contributed by atoms with Crippen molar-refractivity contribution in [2.75, 3.05) is 11.4 Å². The van der Waals surface area contributed by atoms with Crippen molar-refractivity contribution >= 4 is 28.4 Å². The number of hydrogen-bond acceptors (Lipinski definition) is 3. The Hall–Kier alpha value is -3.25. The van der Waals surface area contributed by atoms with Crippen LogP contribution in [0.25, 0.3) is 0 Å². The van der Waals surface area contributed by atoms with Crippen molar-refractivity contribution in [3.05, 3.63) is 101 Å². The van der Waals surface area contributed by atoms with Crippen LogP contribution in [0.15, 0.2) is 78.9 Å². The minimum absolute atomic E-state index is 0.192. The summed E-state index contributed by atoms with van der Waals surface area (Å²) in [5, 5.41) is 2.21. The van der Waals surface area contributed by atoms with Gasteiger partial charge in [-0.2, -0.15) is 0 Å². The molecule has 0 spiro atoms. The maximum absolute atomic E-state index is 13.2. The van der Waals surface area contributed by atoms with Crippen LogP contribution in [0.3, 0.4) is 0 Å². The number of rotatable bonds is 5. The Balaban J connectivity index is 1.57. The lowest BCUT2D eigenvalue weighted by molar-refractivity contribution is 0.0951. The first-order chi connectivity index (χ1) is 14.5. The van der Waals surface area contributed by atoms with E-state index in [4.69, 9.17) is 0 Å². The third kappa shape index (κ3) is 4.04. The molecular weight excluding hydrogens is 396 g/mol. The molecule has 30 heavy (non-hydrogen) atoms. The van der Waals surface area contributed by atoms with Crippen molar-refractivity contribution < 1.29 is 13.8 Å². The number of carbonyl (C=O) groups is 2. The fraction of sp³-hybridized carbons (Fsp3) is 0.167. The number of fused-ring (bicyclic) bond motifs is 1. The number of nitrogens with zero attached hydrogens (tertiary/aromatic N) is 1. The predicted octanol–water partition coefficient (Wildman–Crippen LogP) is 3.52. The Morgan fingerprint density at radius 3 is 2.27 bits per heavy atom. The number of ketones is 1. The summed E-state index contributed by atoms with van der Waals surface area (Å²) in [6.07, 6.45) is 0.389. The minimum atomic E-state index is -1.48. The topological polar surface area (TPSA) is 66.5 Å². The summed E-state index contributed by atoms with van der Waals surface area (Å²) < 4.78 is 14.5. The van der Waals surface area contributed by atoms with Crippen LogP contribution in [0.2, 0.25) is 0 Å². The van der Waals surface area contributed by atoms with Gasteiger partial charge in [0, 0.05) is 24.7 Å². The normalized spacial score (nSPS) is 18.0. The molecule has 1 heterocycles. The van der Waals surface area contributed by atoms with E-state index in [-0.39, 0.29) is 11.7 Å². The largest absolute Gasteiger partial charge is 0.348 e. The first-order valence-electron chi connectivity index (χ1n) is 9.73. The van der Waals surface area contributed by atoms with E-state index >= 15 is 0 Å². The molecule has 0 aliphatic carbocycles. The molecule has 0 bridgehead atoms. The quantitative estimate of drug-likeness (QED) is 0.689. The summed E-state index contributed by atoms with van der Waals surface area (Å²) in [4.78, 5) is 25.8. The summed E-state index contributed by atoms with van der Waals surface area (Å²) in [5.74, 6) is -0.439. The molecule has 4 rings (SSSR count). The number of Topliss-reactive ketones (excluding diaryl/α,β-unsaturated/α-hetero) is 1. The van der Waals surface area contributed by atoms with Gasteiger partial charge < -0.3 is 5.32 Å². The first kappa shape index (κ1) is 20.0. The molecule has 6 heteroatoms. The monoisotopic (exact) mass is 418 g/mol.